The van der Waals surface area contributed by atoms with E-state index in [1.54, 1.807) is 12.3 Å². The molecule has 4 heterocycles. The van der Waals surface area contributed by atoms with E-state index >= 15 is 0 Å². The van der Waals surface area contributed by atoms with Gasteiger partial charge in [0, 0.05) is 38.4 Å². The Labute approximate surface area is 257 Å². The molecule has 0 bridgehead atoms. The summed E-state index contributed by atoms with van der Waals surface area (Å²) >= 11 is 1.52. The van der Waals surface area contributed by atoms with E-state index in [1.807, 2.05) is 19.9 Å². The van der Waals surface area contributed by atoms with E-state index in [1.165, 1.54) is 23.5 Å². The van der Waals surface area contributed by atoms with Gasteiger partial charge in [0.15, 0.2) is 0 Å². The number of piperidine rings is 1. The average molecular weight is 617 g/mol. The zero-order chi connectivity index (χ0) is 30.7. The van der Waals surface area contributed by atoms with E-state index in [-0.39, 0.29) is 6.61 Å². The molecule has 2 saturated carbocycles. The molecule has 228 valence electrons. The molecule has 3 aliphatic rings. The van der Waals surface area contributed by atoms with Crippen LogP contribution in [0.3, 0.4) is 0 Å². The van der Waals surface area contributed by atoms with Gasteiger partial charge >= 0.3 is 0 Å². The highest BCUT2D eigenvalue weighted by Gasteiger charge is 2.55. The number of aliphatic hydroxyl groups excluding tert-OH is 3. The van der Waals surface area contributed by atoms with E-state index in [9.17, 15) is 25.0 Å². The quantitative estimate of drug-likeness (QED) is 0.198. The molecular formula is C31H33FN8O3S. The summed E-state index contributed by atoms with van der Waals surface area (Å²) in [5.74, 6) is 1.46. The fourth-order valence-corrected chi connectivity index (χ4v) is 8.07. The van der Waals surface area contributed by atoms with Gasteiger partial charge < -0.3 is 30.9 Å². The third kappa shape index (κ3) is 5.01. The standard InChI is InChI=1S/C31H33FN8O3S/c1-14-25(30-38-26-15(2)34-6-5-24(26)44-30)29(37-22-8-17(13-41)27(42)28(22)43)39-31(36-14)35-10-19-20-11-40(12-21(19)20)23-4-3-18(32)7-16(23)9-33/h3-7,17,19-22,27-28,41-43H,8,10-13H2,1-2H3,(H2,35,36,37,39)/t17-,19?,20+,21?,22-,27-,28+/m1/s1. The maximum absolute atomic E-state index is 13.6. The number of aryl methyl sites for hydroxylation is 2. The third-order valence-corrected chi connectivity index (χ3v) is 10.5. The van der Waals surface area contributed by atoms with Gasteiger partial charge in [-0.3, -0.25) is 4.98 Å². The number of hydrogen-bond donors (Lipinski definition) is 5. The number of halogens is 1. The molecule has 11 nitrogen and oxygen atoms in total. The van der Waals surface area contributed by atoms with Crippen molar-refractivity contribution in [2.24, 2.45) is 23.7 Å². The van der Waals surface area contributed by atoms with Gasteiger partial charge in [0.2, 0.25) is 5.95 Å². The number of aromatic nitrogens is 4. The largest absolute Gasteiger partial charge is 0.396 e. The van der Waals surface area contributed by atoms with E-state index < -0.39 is 30.0 Å². The molecule has 4 aromatic rings. The van der Waals surface area contributed by atoms with E-state index in [2.05, 4.69) is 26.6 Å². The lowest BCUT2D eigenvalue weighted by molar-refractivity contribution is 0.00446. The van der Waals surface area contributed by atoms with Crippen molar-refractivity contribution in [1.82, 2.24) is 19.9 Å². The highest BCUT2D eigenvalue weighted by Crippen LogP contribution is 2.53. The van der Waals surface area contributed by atoms with Crippen LogP contribution >= 0.6 is 11.3 Å². The van der Waals surface area contributed by atoms with E-state index in [0.717, 1.165) is 45.3 Å². The topological polar surface area (TPSA) is 163 Å². The Morgan fingerprint density at radius 1 is 1.09 bits per heavy atom. The van der Waals surface area contributed by atoms with Crippen molar-refractivity contribution in [1.29, 1.82) is 5.26 Å². The lowest BCUT2D eigenvalue weighted by Crippen LogP contribution is -2.35. The highest BCUT2D eigenvalue weighted by atomic mass is 32.1. The number of rotatable bonds is 8. The summed E-state index contributed by atoms with van der Waals surface area (Å²) in [5, 5.41) is 47.8. The summed E-state index contributed by atoms with van der Waals surface area (Å²) in [6, 6.07) is 7.89. The predicted molar refractivity (Wildman–Crippen MR) is 165 cm³/mol. The van der Waals surface area contributed by atoms with Crippen LogP contribution in [0, 0.1) is 54.7 Å². The van der Waals surface area contributed by atoms with Gasteiger partial charge in [0.1, 0.15) is 34.3 Å². The van der Waals surface area contributed by atoms with E-state index in [0.29, 0.717) is 53.7 Å². The Morgan fingerprint density at radius 3 is 2.59 bits per heavy atom. The van der Waals surface area contributed by atoms with Gasteiger partial charge in [-0.1, -0.05) is 0 Å². The molecule has 1 saturated heterocycles. The maximum atomic E-state index is 13.6. The number of nitriles is 1. The molecule has 0 amide bonds. The van der Waals surface area contributed by atoms with Crippen molar-refractivity contribution >= 4 is 39.0 Å². The third-order valence-electron chi connectivity index (χ3n) is 9.44. The van der Waals surface area contributed by atoms with Gasteiger partial charge in [-0.2, -0.15) is 10.2 Å². The number of pyridine rings is 1. The molecule has 3 fully saturated rings. The lowest BCUT2D eigenvalue weighted by Gasteiger charge is -2.23. The molecule has 2 aliphatic carbocycles. The van der Waals surface area contributed by atoms with Gasteiger partial charge in [0.05, 0.1) is 45.0 Å². The highest BCUT2D eigenvalue weighted by molar-refractivity contribution is 7.21. The summed E-state index contributed by atoms with van der Waals surface area (Å²) in [4.78, 5) is 21.0. The van der Waals surface area contributed by atoms with Crippen LogP contribution in [0.5, 0.6) is 0 Å². The molecule has 13 heteroatoms. The normalized spacial score (nSPS) is 27.4. The molecule has 7 atom stereocenters. The monoisotopic (exact) mass is 616 g/mol. The Bertz CT molecular complexity index is 1770. The van der Waals surface area contributed by atoms with Crippen LogP contribution in [0.25, 0.3) is 20.8 Å². The van der Waals surface area contributed by atoms with Crippen LogP contribution in [0.2, 0.25) is 0 Å². The average Bonchev–Trinajstić information content (AvgIpc) is 3.33. The first kappa shape index (κ1) is 28.8. The zero-order valence-corrected chi connectivity index (χ0v) is 25.1. The van der Waals surface area contributed by atoms with Crippen molar-refractivity contribution in [2.45, 2.75) is 38.5 Å². The molecule has 0 radical (unpaired) electrons. The Hall–Kier alpha value is -3.96. The number of nitrogens with zero attached hydrogens (tertiary/aromatic N) is 6. The van der Waals surface area contributed by atoms with Crippen molar-refractivity contribution in [2.75, 3.05) is 41.8 Å². The van der Waals surface area contributed by atoms with Crippen molar-refractivity contribution in [3.05, 3.63) is 53.2 Å². The van der Waals surface area contributed by atoms with Crippen LogP contribution in [0.1, 0.15) is 23.4 Å². The molecule has 1 aromatic carbocycles. The van der Waals surface area contributed by atoms with Crippen LogP contribution in [-0.2, 0) is 0 Å². The summed E-state index contributed by atoms with van der Waals surface area (Å²) in [6.07, 6.45) is 0.0430. The molecular weight excluding hydrogens is 583 g/mol. The minimum absolute atomic E-state index is 0.219. The smallest absolute Gasteiger partial charge is 0.224 e. The molecule has 7 rings (SSSR count). The first-order valence-corrected chi connectivity index (χ1v) is 15.6. The molecule has 0 spiro atoms. The van der Waals surface area contributed by atoms with Crippen molar-refractivity contribution in [3.8, 4) is 16.6 Å². The second-order valence-electron chi connectivity index (χ2n) is 12.1. The van der Waals surface area contributed by atoms with Crippen LogP contribution in [-0.4, -0.2) is 79.7 Å². The Balaban J connectivity index is 1.11. The maximum Gasteiger partial charge on any atom is 0.224 e. The summed E-state index contributed by atoms with van der Waals surface area (Å²) in [5.41, 5.74) is 4.21. The summed E-state index contributed by atoms with van der Waals surface area (Å²) in [7, 11) is 0. The summed E-state index contributed by atoms with van der Waals surface area (Å²) < 4.78 is 14.6. The Kier molecular flexibility index (Phi) is 7.32. The SMILES string of the molecule is Cc1nc(NCC2C3CN(c4ccc(F)cc4C#N)C[C@@H]23)nc(N[C@@H]2C[C@H](CO)[C@@H](O)[C@H]2O)c1-c1nc2c(C)nccc2s1. The first-order chi connectivity index (χ1) is 21.2. The summed E-state index contributed by atoms with van der Waals surface area (Å²) in [6.45, 7) is 5.90. The number of hydrogen-bond acceptors (Lipinski definition) is 12. The lowest BCUT2D eigenvalue weighted by atomic mass is 10.1. The van der Waals surface area contributed by atoms with E-state index in [4.69, 9.17) is 15.0 Å². The van der Waals surface area contributed by atoms with Crippen molar-refractivity contribution in [3.63, 3.8) is 0 Å². The number of fused-ring (bicyclic) bond motifs is 2. The molecule has 2 unspecified atom stereocenters. The zero-order valence-electron chi connectivity index (χ0n) is 24.3. The second-order valence-corrected chi connectivity index (χ2v) is 13.1. The van der Waals surface area contributed by atoms with Crippen molar-refractivity contribution < 1.29 is 19.7 Å². The van der Waals surface area contributed by atoms with Gasteiger partial charge in [-0.15, -0.1) is 11.3 Å². The number of thiazole rings is 1. The minimum atomic E-state index is -1.06. The molecule has 3 aromatic heterocycles. The first-order valence-electron chi connectivity index (χ1n) is 14.8. The molecule has 44 heavy (non-hydrogen) atoms. The molecule has 1 aliphatic heterocycles. The number of anilines is 3. The number of aliphatic hydroxyl groups is 3. The van der Waals surface area contributed by atoms with Gasteiger partial charge in [-0.05, 0) is 62.3 Å². The molecule has 5 N–H and O–H groups in total. The fraction of sp³-hybridized carbons (Fsp3) is 0.452. The van der Waals surface area contributed by atoms with Gasteiger partial charge in [0.25, 0.3) is 0 Å². The Morgan fingerprint density at radius 2 is 1.89 bits per heavy atom. The fourth-order valence-electron chi connectivity index (χ4n) is 6.96. The second kappa shape index (κ2) is 11.2. The minimum Gasteiger partial charge on any atom is -0.396 e. The number of benzene rings is 1. The predicted octanol–water partition coefficient (Wildman–Crippen LogP) is 3.08. The van der Waals surface area contributed by atoms with Crippen LogP contribution < -0.4 is 15.5 Å². The van der Waals surface area contributed by atoms with Gasteiger partial charge in [-0.25, -0.2) is 14.4 Å². The van der Waals surface area contributed by atoms with Crippen LogP contribution in [0.4, 0.5) is 21.8 Å². The van der Waals surface area contributed by atoms with Crippen LogP contribution in [0.15, 0.2) is 30.5 Å². The number of nitrogens with one attached hydrogen (secondary N) is 2.